The highest BCUT2D eigenvalue weighted by atomic mass is 16.5. The van der Waals surface area contributed by atoms with E-state index in [0.29, 0.717) is 12.0 Å². The molecule has 0 radical (unpaired) electrons. The number of hydrogen-bond acceptors (Lipinski definition) is 4. The molecular weight excluding hydrogens is 264 g/mol. The average Bonchev–Trinajstić information content (AvgIpc) is 2.77. The topological polar surface area (TPSA) is 56.3 Å². The highest BCUT2D eigenvalue weighted by Gasteiger charge is 2.30. The molecule has 1 fully saturated rings. The monoisotopic (exact) mass is 294 g/mol. The number of rotatable bonds is 6. The van der Waals surface area contributed by atoms with Gasteiger partial charge in [-0.2, -0.15) is 5.10 Å². The quantitative estimate of drug-likeness (QED) is 0.872. The van der Waals surface area contributed by atoms with Gasteiger partial charge in [-0.3, -0.25) is 4.90 Å². The summed E-state index contributed by atoms with van der Waals surface area (Å²) < 4.78 is 7.37. The van der Waals surface area contributed by atoms with Gasteiger partial charge in [-0.05, 0) is 38.8 Å². The molecule has 1 saturated carbocycles. The molecule has 0 amide bonds. The van der Waals surface area contributed by atoms with Gasteiger partial charge in [-0.15, -0.1) is 0 Å². The SMILES string of the molecule is CCN(Cc1c(C)nn(C)c1OC)C1CCCCC1CN. The van der Waals surface area contributed by atoms with Crippen LogP contribution in [0.5, 0.6) is 5.88 Å². The predicted molar refractivity (Wildman–Crippen MR) is 85.4 cm³/mol. The highest BCUT2D eigenvalue weighted by molar-refractivity contribution is 5.30. The van der Waals surface area contributed by atoms with E-state index in [1.54, 1.807) is 7.11 Å². The molecule has 1 aliphatic carbocycles. The first-order chi connectivity index (χ1) is 10.1. The number of hydrogen-bond donors (Lipinski definition) is 1. The molecule has 21 heavy (non-hydrogen) atoms. The highest BCUT2D eigenvalue weighted by Crippen LogP contribution is 2.31. The fourth-order valence-corrected chi connectivity index (χ4v) is 3.73. The smallest absolute Gasteiger partial charge is 0.216 e. The summed E-state index contributed by atoms with van der Waals surface area (Å²) in [6, 6.07) is 0.595. The zero-order valence-corrected chi connectivity index (χ0v) is 13.9. The van der Waals surface area contributed by atoms with Gasteiger partial charge >= 0.3 is 0 Å². The number of ether oxygens (including phenoxy) is 1. The predicted octanol–water partition coefficient (Wildman–Crippen LogP) is 2.08. The second-order valence-electron chi connectivity index (χ2n) is 6.11. The number of nitrogens with two attached hydrogens (primary N) is 1. The van der Waals surface area contributed by atoms with Gasteiger partial charge in [-0.1, -0.05) is 19.8 Å². The molecule has 1 aromatic heterocycles. The summed E-state index contributed by atoms with van der Waals surface area (Å²) >= 11 is 0. The second-order valence-corrected chi connectivity index (χ2v) is 6.11. The third-order valence-electron chi connectivity index (χ3n) is 4.89. The molecule has 0 spiro atoms. The Hall–Kier alpha value is -1.07. The van der Waals surface area contributed by atoms with Crippen LogP contribution in [0.1, 0.15) is 43.9 Å². The summed E-state index contributed by atoms with van der Waals surface area (Å²) in [5, 5.41) is 4.49. The second kappa shape index (κ2) is 7.27. The molecule has 120 valence electrons. The maximum atomic E-state index is 6.00. The normalized spacial score (nSPS) is 22.8. The molecule has 0 aromatic carbocycles. The molecule has 5 nitrogen and oxygen atoms in total. The molecule has 0 aliphatic heterocycles. The van der Waals surface area contributed by atoms with E-state index in [-0.39, 0.29) is 0 Å². The van der Waals surface area contributed by atoms with Crippen LogP contribution in [0.15, 0.2) is 0 Å². The van der Waals surface area contributed by atoms with E-state index in [1.165, 1.54) is 31.2 Å². The van der Waals surface area contributed by atoms with Crippen LogP contribution in [0.4, 0.5) is 0 Å². The van der Waals surface area contributed by atoms with Crippen LogP contribution in [-0.4, -0.2) is 40.9 Å². The van der Waals surface area contributed by atoms with Gasteiger partial charge in [0.25, 0.3) is 0 Å². The fraction of sp³-hybridized carbons (Fsp3) is 0.812. The molecule has 2 N–H and O–H groups in total. The third kappa shape index (κ3) is 3.40. The molecule has 1 aliphatic rings. The zero-order valence-electron chi connectivity index (χ0n) is 13.9. The minimum atomic E-state index is 0.595. The molecule has 2 unspecified atom stereocenters. The molecule has 5 heteroatoms. The van der Waals surface area contributed by atoms with Crippen molar-refractivity contribution in [3.8, 4) is 5.88 Å². The lowest BCUT2D eigenvalue weighted by molar-refractivity contribution is 0.104. The van der Waals surface area contributed by atoms with Gasteiger partial charge in [0.05, 0.1) is 18.4 Å². The fourth-order valence-electron chi connectivity index (χ4n) is 3.73. The van der Waals surface area contributed by atoms with Crippen molar-refractivity contribution in [1.29, 1.82) is 0 Å². The van der Waals surface area contributed by atoms with Gasteiger partial charge in [-0.25, -0.2) is 4.68 Å². The first-order valence-electron chi connectivity index (χ1n) is 8.12. The Labute approximate surface area is 128 Å². The van der Waals surface area contributed by atoms with Crippen molar-refractivity contribution < 1.29 is 4.74 Å². The summed E-state index contributed by atoms with van der Waals surface area (Å²) in [6.45, 7) is 7.04. The average molecular weight is 294 g/mol. The molecule has 1 heterocycles. The Morgan fingerprint density at radius 2 is 2.10 bits per heavy atom. The van der Waals surface area contributed by atoms with Crippen molar-refractivity contribution in [2.24, 2.45) is 18.7 Å². The lowest BCUT2D eigenvalue weighted by atomic mass is 9.83. The lowest BCUT2D eigenvalue weighted by Gasteiger charge is -2.39. The molecule has 1 aromatic rings. The summed E-state index contributed by atoms with van der Waals surface area (Å²) in [7, 11) is 3.66. The zero-order chi connectivity index (χ0) is 15.4. The van der Waals surface area contributed by atoms with Crippen molar-refractivity contribution in [3.05, 3.63) is 11.3 Å². The summed E-state index contributed by atoms with van der Waals surface area (Å²) in [6.07, 6.45) is 5.17. The van der Waals surface area contributed by atoms with Crippen molar-refractivity contribution in [1.82, 2.24) is 14.7 Å². The van der Waals surface area contributed by atoms with Crippen LogP contribution in [0, 0.1) is 12.8 Å². The third-order valence-corrected chi connectivity index (χ3v) is 4.89. The van der Waals surface area contributed by atoms with E-state index in [9.17, 15) is 0 Å². The Morgan fingerprint density at radius 1 is 1.38 bits per heavy atom. The number of aryl methyl sites for hydroxylation is 2. The Balaban J connectivity index is 2.18. The molecule has 0 saturated heterocycles. The van der Waals surface area contributed by atoms with Gasteiger partial charge in [0.2, 0.25) is 5.88 Å². The van der Waals surface area contributed by atoms with Crippen molar-refractivity contribution >= 4 is 0 Å². The van der Waals surface area contributed by atoms with Gasteiger partial charge in [0.1, 0.15) is 0 Å². The molecule has 0 bridgehead atoms. The van der Waals surface area contributed by atoms with Crippen LogP contribution >= 0.6 is 0 Å². The van der Waals surface area contributed by atoms with E-state index < -0.39 is 0 Å². The van der Waals surface area contributed by atoms with E-state index in [2.05, 4.69) is 23.8 Å². The number of aromatic nitrogens is 2. The number of methoxy groups -OCH3 is 1. The first-order valence-corrected chi connectivity index (χ1v) is 8.12. The van der Waals surface area contributed by atoms with E-state index in [1.807, 2.05) is 11.7 Å². The summed E-state index contributed by atoms with van der Waals surface area (Å²) in [5.41, 5.74) is 8.28. The maximum Gasteiger partial charge on any atom is 0.216 e. The van der Waals surface area contributed by atoms with Crippen molar-refractivity contribution in [2.75, 3.05) is 20.2 Å². The van der Waals surface area contributed by atoms with E-state index >= 15 is 0 Å². The lowest BCUT2D eigenvalue weighted by Crippen LogP contribution is -2.44. The Morgan fingerprint density at radius 3 is 2.71 bits per heavy atom. The minimum absolute atomic E-state index is 0.595. The van der Waals surface area contributed by atoms with Crippen molar-refractivity contribution in [3.63, 3.8) is 0 Å². The Bertz CT molecular complexity index is 457. The van der Waals surface area contributed by atoms with Crippen LogP contribution in [0.2, 0.25) is 0 Å². The van der Waals surface area contributed by atoms with Gasteiger partial charge < -0.3 is 10.5 Å². The van der Waals surface area contributed by atoms with Crippen LogP contribution < -0.4 is 10.5 Å². The number of nitrogens with zero attached hydrogens (tertiary/aromatic N) is 3. The minimum Gasteiger partial charge on any atom is -0.481 e. The van der Waals surface area contributed by atoms with Crippen LogP contribution in [0.25, 0.3) is 0 Å². The van der Waals surface area contributed by atoms with Gasteiger partial charge in [0.15, 0.2) is 0 Å². The van der Waals surface area contributed by atoms with E-state index in [0.717, 1.165) is 31.2 Å². The standard InChI is InChI=1S/C16H30N4O/c1-5-20(15-9-7-6-8-13(15)10-17)11-14-12(2)18-19(3)16(14)21-4/h13,15H,5-11,17H2,1-4H3. The van der Waals surface area contributed by atoms with Crippen LogP contribution in [0.3, 0.4) is 0 Å². The molecular formula is C16H30N4O. The summed E-state index contributed by atoms with van der Waals surface area (Å²) in [5.74, 6) is 1.51. The van der Waals surface area contributed by atoms with Crippen LogP contribution in [-0.2, 0) is 13.6 Å². The first kappa shape index (κ1) is 16.3. The largest absolute Gasteiger partial charge is 0.481 e. The molecule has 2 atom stereocenters. The van der Waals surface area contributed by atoms with Gasteiger partial charge in [0, 0.05) is 19.6 Å². The summed E-state index contributed by atoms with van der Waals surface area (Å²) in [4.78, 5) is 2.56. The Kier molecular flexibility index (Phi) is 5.65. The van der Waals surface area contributed by atoms with Crippen molar-refractivity contribution in [2.45, 2.75) is 52.1 Å². The van der Waals surface area contributed by atoms with E-state index in [4.69, 9.17) is 10.5 Å². The maximum absolute atomic E-state index is 6.00. The molecule has 2 rings (SSSR count).